The van der Waals surface area contributed by atoms with Crippen molar-refractivity contribution >= 4 is 5.91 Å². The molecule has 1 aliphatic rings. The zero-order chi connectivity index (χ0) is 10.3. The number of nitrogens with zero attached hydrogens (tertiary/aromatic N) is 1. The van der Waals surface area contributed by atoms with Gasteiger partial charge in [0.2, 0.25) is 5.91 Å². The van der Waals surface area contributed by atoms with E-state index in [0.717, 1.165) is 13.0 Å². The van der Waals surface area contributed by atoms with Gasteiger partial charge < -0.3 is 5.32 Å². The molecule has 0 saturated carbocycles. The molecule has 1 aliphatic heterocycles. The highest BCUT2D eigenvalue weighted by Gasteiger charge is 2.41. The number of nitrogens with one attached hydrogen (secondary N) is 1. The predicted octanol–water partition coefficient (Wildman–Crippen LogP) is 0.995. The lowest BCUT2D eigenvalue weighted by Gasteiger charge is -2.42. The van der Waals surface area contributed by atoms with Gasteiger partial charge >= 0.3 is 0 Å². The van der Waals surface area contributed by atoms with Gasteiger partial charge in [0.25, 0.3) is 0 Å². The molecular formula is C10H20N2O. The van der Waals surface area contributed by atoms with Crippen LogP contribution in [0, 0.1) is 0 Å². The van der Waals surface area contributed by atoms with E-state index in [1.165, 1.54) is 0 Å². The van der Waals surface area contributed by atoms with E-state index >= 15 is 0 Å². The van der Waals surface area contributed by atoms with Gasteiger partial charge in [-0.05, 0) is 41.2 Å². The first-order valence-electron chi connectivity index (χ1n) is 4.81. The van der Waals surface area contributed by atoms with Crippen molar-refractivity contribution < 1.29 is 4.79 Å². The molecule has 1 heterocycles. The third-order valence-electron chi connectivity index (χ3n) is 3.32. The van der Waals surface area contributed by atoms with Gasteiger partial charge in [0.05, 0.1) is 5.54 Å². The van der Waals surface area contributed by atoms with Gasteiger partial charge in [0.1, 0.15) is 0 Å². The Balaban J connectivity index is 2.99. The van der Waals surface area contributed by atoms with E-state index in [9.17, 15) is 4.79 Å². The Labute approximate surface area is 80.5 Å². The molecule has 13 heavy (non-hydrogen) atoms. The van der Waals surface area contributed by atoms with E-state index in [4.69, 9.17) is 0 Å². The topological polar surface area (TPSA) is 32.3 Å². The maximum atomic E-state index is 11.7. The summed E-state index contributed by atoms with van der Waals surface area (Å²) >= 11 is 0. The Hall–Kier alpha value is -0.570. The Morgan fingerprint density at radius 3 is 2.38 bits per heavy atom. The largest absolute Gasteiger partial charge is 0.354 e. The lowest BCUT2D eigenvalue weighted by Crippen LogP contribution is -2.57. The van der Waals surface area contributed by atoms with Crippen molar-refractivity contribution in [1.29, 1.82) is 0 Å². The second-order valence-corrected chi connectivity index (χ2v) is 4.94. The van der Waals surface area contributed by atoms with Gasteiger partial charge in [0, 0.05) is 12.1 Å². The first-order valence-corrected chi connectivity index (χ1v) is 4.81. The molecule has 1 rings (SSSR count). The molecule has 1 saturated heterocycles. The number of amides is 1. The summed E-state index contributed by atoms with van der Waals surface area (Å²) in [6, 6.07) is 0. The van der Waals surface area contributed by atoms with E-state index in [1.807, 2.05) is 20.9 Å². The summed E-state index contributed by atoms with van der Waals surface area (Å²) in [7, 11) is 2.02. The van der Waals surface area contributed by atoms with Crippen molar-refractivity contribution in [2.24, 2.45) is 0 Å². The molecule has 76 valence electrons. The normalized spacial score (nSPS) is 27.9. The average molecular weight is 184 g/mol. The van der Waals surface area contributed by atoms with Crippen molar-refractivity contribution in [2.75, 3.05) is 13.6 Å². The van der Waals surface area contributed by atoms with Crippen molar-refractivity contribution in [3.8, 4) is 0 Å². The molecule has 1 fully saturated rings. The number of carbonyl (C=O) groups excluding carboxylic acids is 1. The van der Waals surface area contributed by atoms with Crippen LogP contribution in [0.15, 0.2) is 0 Å². The maximum absolute atomic E-state index is 11.7. The summed E-state index contributed by atoms with van der Waals surface area (Å²) in [6.45, 7) is 9.06. The van der Waals surface area contributed by atoms with Crippen LogP contribution in [0.3, 0.4) is 0 Å². The fraction of sp³-hybridized carbons (Fsp3) is 0.900. The van der Waals surface area contributed by atoms with Gasteiger partial charge in [-0.1, -0.05) is 0 Å². The van der Waals surface area contributed by atoms with Crippen molar-refractivity contribution in [2.45, 2.75) is 45.2 Å². The molecule has 3 heteroatoms. The van der Waals surface area contributed by atoms with Gasteiger partial charge in [-0.2, -0.15) is 0 Å². The molecule has 0 spiro atoms. The summed E-state index contributed by atoms with van der Waals surface area (Å²) in [5, 5.41) is 2.94. The van der Waals surface area contributed by atoms with Gasteiger partial charge in [0.15, 0.2) is 0 Å². The SMILES string of the molecule is CN1C(C)(C)CCNC(=O)C1(C)C. The van der Waals surface area contributed by atoms with Crippen LogP contribution in [-0.2, 0) is 4.79 Å². The molecule has 0 bridgehead atoms. The van der Waals surface area contributed by atoms with Crippen LogP contribution < -0.4 is 5.32 Å². The van der Waals surface area contributed by atoms with Crippen LogP contribution in [0.2, 0.25) is 0 Å². The number of rotatable bonds is 0. The maximum Gasteiger partial charge on any atom is 0.239 e. The molecule has 1 N–H and O–H groups in total. The fourth-order valence-corrected chi connectivity index (χ4v) is 1.77. The highest BCUT2D eigenvalue weighted by atomic mass is 16.2. The van der Waals surface area contributed by atoms with Gasteiger partial charge in [-0.3, -0.25) is 9.69 Å². The standard InChI is InChI=1S/C10H20N2O/c1-9(2)6-7-11-8(13)10(3,4)12(9)5/h6-7H2,1-5H3,(H,11,13). The lowest BCUT2D eigenvalue weighted by atomic mass is 9.93. The molecule has 0 unspecified atom stereocenters. The summed E-state index contributed by atoms with van der Waals surface area (Å²) in [5.74, 6) is 0.126. The van der Waals surface area contributed by atoms with Crippen molar-refractivity contribution in [3.63, 3.8) is 0 Å². The minimum Gasteiger partial charge on any atom is -0.354 e. The lowest BCUT2D eigenvalue weighted by molar-refractivity contribution is -0.131. The molecule has 0 aromatic carbocycles. The fourth-order valence-electron chi connectivity index (χ4n) is 1.77. The zero-order valence-corrected chi connectivity index (χ0v) is 9.27. The first kappa shape index (κ1) is 10.5. The molecular weight excluding hydrogens is 164 g/mol. The molecule has 0 atom stereocenters. The third kappa shape index (κ3) is 1.70. The molecule has 3 nitrogen and oxygen atoms in total. The van der Waals surface area contributed by atoms with Crippen molar-refractivity contribution in [1.82, 2.24) is 10.2 Å². The van der Waals surface area contributed by atoms with E-state index in [-0.39, 0.29) is 11.4 Å². The van der Waals surface area contributed by atoms with Crippen LogP contribution in [0.5, 0.6) is 0 Å². The number of carbonyl (C=O) groups is 1. The quantitative estimate of drug-likeness (QED) is 0.609. The Morgan fingerprint density at radius 2 is 1.85 bits per heavy atom. The molecule has 0 radical (unpaired) electrons. The minimum absolute atomic E-state index is 0.0860. The van der Waals surface area contributed by atoms with E-state index in [1.54, 1.807) is 0 Å². The Kier molecular flexibility index (Phi) is 2.41. The highest BCUT2D eigenvalue weighted by molar-refractivity contribution is 5.85. The van der Waals surface area contributed by atoms with E-state index in [2.05, 4.69) is 24.1 Å². The third-order valence-corrected chi connectivity index (χ3v) is 3.32. The average Bonchev–Trinajstić information content (AvgIpc) is 2.06. The highest BCUT2D eigenvalue weighted by Crippen LogP contribution is 2.27. The van der Waals surface area contributed by atoms with Crippen LogP contribution in [0.25, 0.3) is 0 Å². The Bertz CT molecular complexity index is 221. The summed E-state index contributed by atoms with van der Waals surface area (Å²) in [5.41, 5.74) is -0.317. The van der Waals surface area contributed by atoms with Crippen molar-refractivity contribution in [3.05, 3.63) is 0 Å². The Morgan fingerprint density at radius 1 is 1.31 bits per heavy atom. The predicted molar refractivity (Wildman–Crippen MR) is 53.5 cm³/mol. The smallest absolute Gasteiger partial charge is 0.239 e. The van der Waals surface area contributed by atoms with E-state index in [0.29, 0.717) is 0 Å². The van der Waals surface area contributed by atoms with Gasteiger partial charge in [-0.25, -0.2) is 0 Å². The summed E-state index contributed by atoms with van der Waals surface area (Å²) in [4.78, 5) is 13.8. The van der Waals surface area contributed by atoms with Crippen LogP contribution in [0.4, 0.5) is 0 Å². The first-order chi connectivity index (χ1) is 5.78. The monoisotopic (exact) mass is 184 g/mol. The second kappa shape index (κ2) is 2.98. The molecule has 1 amide bonds. The van der Waals surface area contributed by atoms with Crippen LogP contribution >= 0.6 is 0 Å². The van der Waals surface area contributed by atoms with Crippen LogP contribution in [0.1, 0.15) is 34.1 Å². The number of hydrogen-bond acceptors (Lipinski definition) is 2. The van der Waals surface area contributed by atoms with Gasteiger partial charge in [-0.15, -0.1) is 0 Å². The second-order valence-electron chi connectivity index (χ2n) is 4.94. The molecule has 0 aromatic heterocycles. The number of hydrogen-bond donors (Lipinski definition) is 1. The van der Waals surface area contributed by atoms with E-state index < -0.39 is 5.54 Å². The van der Waals surface area contributed by atoms with Crippen LogP contribution in [-0.4, -0.2) is 35.5 Å². The molecule has 0 aliphatic carbocycles. The zero-order valence-electron chi connectivity index (χ0n) is 9.27. The summed E-state index contributed by atoms with van der Waals surface area (Å²) in [6.07, 6.45) is 0.999. The minimum atomic E-state index is -0.403. The molecule has 0 aromatic rings. The number of likely N-dealkylation sites (N-methyl/N-ethyl adjacent to an activating group) is 1. The summed E-state index contributed by atoms with van der Waals surface area (Å²) < 4.78 is 0.